The standard InChI is InChI=1S/C18H15Cl2N3O2/c19-13-8-5-12(6-9-13)7-10-16(24)21-11-17-22-18(23-25-17)14-3-1-2-4-15(14)20/h1-6,8-9H,7,10-11H2,(H,21,24). The minimum atomic E-state index is -0.0903. The number of benzene rings is 2. The maximum atomic E-state index is 11.9. The average molecular weight is 376 g/mol. The van der Waals surface area contributed by atoms with E-state index >= 15 is 0 Å². The van der Waals surface area contributed by atoms with Crippen molar-refractivity contribution in [3.8, 4) is 11.4 Å². The topological polar surface area (TPSA) is 68.0 Å². The van der Waals surface area contributed by atoms with Crippen molar-refractivity contribution in [2.24, 2.45) is 0 Å². The average Bonchev–Trinajstić information content (AvgIpc) is 3.08. The zero-order valence-electron chi connectivity index (χ0n) is 13.2. The minimum Gasteiger partial charge on any atom is -0.347 e. The second-order valence-corrected chi connectivity index (χ2v) is 6.24. The molecule has 128 valence electrons. The molecule has 3 aromatic rings. The number of rotatable bonds is 6. The van der Waals surface area contributed by atoms with Gasteiger partial charge in [0.15, 0.2) is 0 Å². The fourth-order valence-corrected chi connectivity index (χ4v) is 2.60. The maximum absolute atomic E-state index is 11.9. The van der Waals surface area contributed by atoms with Crippen molar-refractivity contribution in [2.75, 3.05) is 0 Å². The zero-order chi connectivity index (χ0) is 17.6. The van der Waals surface area contributed by atoms with Gasteiger partial charge in [-0.1, -0.05) is 52.6 Å². The highest BCUT2D eigenvalue weighted by Gasteiger charge is 2.12. The number of nitrogens with zero attached hydrogens (tertiary/aromatic N) is 2. The van der Waals surface area contributed by atoms with E-state index < -0.39 is 0 Å². The van der Waals surface area contributed by atoms with Crippen molar-refractivity contribution >= 4 is 29.1 Å². The largest absolute Gasteiger partial charge is 0.347 e. The molecule has 7 heteroatoms. The Morgan fingerprint density at radius 2 is 1.84 bits per heavy atom. The molecule has 3 rings (SSSR count). The summed E-state index contributed by atoms with van der Waals surface area (Å²) < 4.78 is 5.15. The summed E-state index contributed by atoms with van der Waals surface area (Å²) in [6, 6.07) is 14.7. The van der Waals surface area contributed by atoms with Crippen LogP contribution in [0.2, 0.25) is 10.0 Å². The first-order chi connectivity index (χ1) is 12.1. The van der Waals surface area contributed by atoms with Crippen molar-refractivity contribution in [1.29, 1.82) is 0 Å². The molecule has 0 saturated heterocycles. The van der Waals surface area contributed by atoms with E-state index in [0.717, 1.165) is 5.56 Å². The maximum Gasteiger partial charge on any atom is 0.246 e. The lowest BCUT2D eigenvalue weighted by Gasteiger charge is -2.03. The number of halogens is 2. The molecule has 2 aromatic carbocycles. The Morgan fingerprint density at radius 3 is 2.60 bits per heavy atom. The number of carbonyl (C=O) groups excluding carboxylic acids is 1. The van der Waals surface area contributed by atoms with Gasteiger partial charge in [0.25, 0.3) is 0 Å². The molecule has 0 fully saturated rings. The first-order valence-electron chi connectivity index (χ1n) is 7.70. The third kappa shape index (κ3) is 4.81. The van der Waals surface area contributed by atoms with Gasteiger partial charge in [0.1, 0.15) is 0 Å². The Kier molecular flexibility index (Phi) is 5.68. The van der Waals surface area contributed by atoms with Crippen molar-refractivity contribution in [3.05, 3.63) is 70.0 Å². The first-order valence-corrected chi connectivity index (χ1v) is 8.46. The molecule has 0 spiro atoms. The molecule has 0 aliphatic rings. The van der Waals surface area contributed by atoms with E-state index in [1.807, 2.05) is 42.5 Å². The number of hydrogen-bond acceptors (Lipinski definition) is 4. The number of amides is 1. The fourth-order valence-electron chi connectivity index (χ4n) is 2.25. The molecule has 1 heterocycles. The summed E-state index contributed by atoms with van der Waals surface area (Å²) in [5.41, 5.74) is 1.74. The number of hydrogen-bond donors (Lipinski definition) is 1. The summed E-state index contributed by atoms with van der Waals surface area (Å²) in [6.07, 6.45) is 1.00. The summed E-state index contributed by atoms with van der Waals surface area (Å²) in [5, 5.41) is 7.88. The van der Waals surface area contributed by atoms with E-state index in [1.165, 1.54) is 0 Å². The van der Waals surface area contributed by atoms with E-state index in [0.29, 0.717) is 40.2 Å². The van der Waals surface area contributed by atoms with Crippen LogP contribution in [0.3, 0.4) is 0 Å². The summed E-state index contributed by atoms with van der Waals surface area (Å²) in [4.78, 5) is 16.2. The molecule has 1 N–H and O–H groups in total. The highest BCUT2D eigenvalue weighted by atomic mass is 35.5. The molecule has 0 radical (unpaired) electrons. The van der Waals surface area contributed by atoms with Gasteiger partial charge < -0.3 is 9.84 Å². The fraction of sp³-hybridized carbons (Fsp3) is 0.167. The van der Waals surface area contributed by atoms with E-state index in [4.69, 9.17) is 27.7 Å². The van der Waals surface area contributed by atoms with Crippen molar-refractivity contribution in [1.82, 2.24) is 15.5 Å². The van der Waals surface area contributed by atoms with Crippen LogP contribution in [0.4, 0.5) is 0 Å². The lowest BCUT2D eigenvalue weighted by atomic mass is 10.1. The van der Waals surface area contributed by atoms with Gasteiger partial charge in [0, 0.05) is 17.0 Å². The van der Waals surface area contributed by atoms with Crippen molar-refractivity contribution in [2.45, 2.75) is 19.4 Å². The van der Waals surface area contributed by atoms with Crippen LogP contribution in [0.25, 0.3) is 11.4 Å². The molecule has 1 amide bonds. The van der Waals surface area contributed by atoms with Crippen LogP contribution in [0.1, 0.15) is 17.9 Å². The van der Waals surface area contributed by atoms with Gasteiger partial charge in [-0.2, -0.15) is 4.98 Å². The smallest absolute Gasteiger partial charge is 0.246 e. The number of aromatic nitrogens is 2. The van der Waals surface area contributed by atoms with Crippen molar-refractivity contribution < 1.29 is 9.32 Å². The monoisotopic (exact) mass is 375 g/mol. The number of carbonyl (C=O) groups is 1. The van der Waals surface area contributed by atoms with Crippen LogP contribution in [0.5, 0.6) is 0 Å². The van der Waals surface area contributed by atoms with Gasteiger partial charge in [-0.25, -0.2) is 0 Å². The van der Waals surface area contributed by atoms with Crippen LogP contribution >= 0.6 is 23.2 Å². The Balaban J connectivity index is 1.51. The van der Waals surface area contributed by atoms with Gasteiger partial charge >= 0.3 is 0 Å². The third-order valence-corrected chi connectivity index (χ3v) is 4.16. The second-order valence-electron chi connectivity index (χ2n) is 5.39. The lowest BCUT2D eigenvalue weighted by Crippen LogP contribution is -2.23. The van der Waals surface area contributed by atoms with Crippen LogP contribution in [0.15, 0.2) is 53.1 Å². The summed E-state index contributed by atoms with van der Waals surface area (Å²) in [6.45, 7) is 0.177. The second kappa shape index (κ2) is 8.14. The van der Waals surface area contributed by atoms with Crippen LogP contribution in [0, 0.1) is 0 Å². The van der Waals surface area contributed by atoms with Crippen molar-refractivity contribution in [3.63, 3.8) is 0 Å². The Hall–Kier alpha value is -2.37. The highest BCUT2D eigenvalue weighted by molar-refractivity contribution is 6.33. The summed E-state index contributed by atoms with van der Waals surface area (Å²) >= 11 is 11.9. The van der Waals surface area contributed by atoms with Gasteiger partial charge in [-0.05, 0) is 36.2 Å². The lowest BCUT2D eigenvalue weighted by molar-refractivity contribution is -0.121. The molecule has 0 saturated carbocycles. The third-order valence-electron chi connectivity index (χ3n) is 3.57. The molecule has 25 heavy (non-hydrogen) atoms. The van der Waals surface area contributed by atoms with Gasteiger partial charge in [0.05, 0.1) is 11.6 Å². The highest BCUT2D eigenvalue weighted by Crippen LogP contribution is 2.24. The minimum absolute atomic E-state index is 0.0903. The normalized spacial score (nSPS) is 10.6. The summed E-state index contributed by atoms with van der Waals surface area (Å²) in [7, 11) is 0. The number of aryl methyl sites for hydroxylation is 1. The molecule has 0 atom stereocenters. The quantitative estimate of drug-likeness (QED) is 0.697. The molecule has 5 nitrogen and oxygen atoms in total. The SMILES string of the molecule is O=C(CCc1ccc(Cl)cc1)NCc1nc(-c2ccccc2Cl)no1. The van der Waals surface area contributed by atoms with Crippen LogP contribution in [-0.2, 0) is 17.8 Å². The number of nitrogens with one attached hydrogen (secondary N) is 1. The van der Waals surface area contributed by atoms with E-state index in [1.54, 1.807) is 6.07 Å². The van der Waals surface area contributed by atoms with E-state index in [2.05, 4.69) is 15.5 Å². The molecular formula is C18H15Cl2N3O2. The Bertz CT molecular complexity index is 863. The van der Waals surface area contributed by atoms with Gasteiger partial charge in [-0.3, -0.25) is 4.79 Å². The summed E-state index contributed by atoms with van der Waals surface area (Å²) in [5.74, 6) is 0.637. The Morgan fingerprint density at radius 1 is 1.08 bits per heavy atom. The predicted octanol–water partition coefficient (Wildman–Crippen LogP) is 4.29. The van der Waals surface area contributed by atoms with Crippen LogP contribution in [-0.4, -0.2) is 16.0 Å². The molecule has 0 aliphatic heterocycles. The zero-order valence-corrected chi connectivity index (χ0v) is 14.7. The Labute approximate surface area is 155 Å². The molecule has 1 aromatic heterocycles. The molecule has 0 aliphatic carbocycles. The van der Waals surface area contributed by atoms with E-state index in [9.17, 15) is 4.79 Å². The first kappa shape index (κ1) is 17.5. The molecule has 0 bridgehead atoms. The molecule has 0 unspecified atom stereocenters. The molecular weight excluding hydrogens is 361 g/mol. The van der Waals surface area contributed by atoms with Crippen LogP contribution < -0.4 is 5.32 Å². The van der Waals surface area contributed by atoms with Gasteiger partial charge in [0.2, 0.25) is 17.6 Å². The van der Waals surface area contributed by atoms with E-state index in [-0.39, 0.29) is 12.5 Å². The predicted molar refractivity (Wildman–Crippen MR) is 96.4 cm³/mol. The van der Waals surface area contributed by atoms with Gasteiger partial charge in [-0.15, -0.1) is 0 Å².